The lowest BCUT2D eigenvalue weighted by Gasteiger charge is -2.45. The van der Waals surface area contributed by atoms with Crippen molar-refractivity contribution in [2.24, 2.45) is 0 Å². The van der Waals surface area contributed by atoms with Crippen LogP contribution in [0.1, 0.15) is 92.4 Å². The molecule has 0 radical (unpaired) electrons. The van der Waals surface area contributed by atoms with Crippen molar-refractivity contribution in [1.29, 1.82) is 0 Å². The quantitative estimate of drug-likeness (QED) is 0.125. The number of esters is 3. The molecule has 1 aliphatic rings. The smallest absolute Gasteiger partial charge is 0.404 e. The maximum atomic E-state index is 12.1. The minimum absolute atomic E-state index is 0.116. The van der Waals surface area contributed by atoms with E-state index in [1.807, 2.05) is 0 Å². The third kappa shape index (κ3) is 14.5. The predicted molar refractivity (Wildman–Crippen MR) is 142 cm³/mol. The lowest BCUT2D eigenvalue weighted by molar-refractivity contribution is -0.278. The fraction of sp³-hybridized carbons (Fsp3) is 0.815. The summed E-state index contributed by atoms with van der Waals surface area (Å²) in [6.07, 6.45) is 3.19. The summed E-state index contributed by atoms with van der Waals surface area (Å²) in [5, 5.41) is 14.4. The van der Waals surface area contributed by atoms with Crippen LogP contribution in [0.3, 0.4) is 0 Å². The van der Waals surface area contributed by atoms with Gasteiger partial charge in [-0.05, 0) is 6.42 Å². The molecule has 0 unspecified atom stereocenters. The summed E-state index contributed by atoms with van der Waals surface area (Å²) in [5.74, 6) is -2.55. The standard InChI is InChI=1S/C27H46N2O11/c1-6-7-8-9-10-11-12-13-14-21(29-27(34)35)15-37-26-23(28-17(2)30)25(39-20(5)33)24(38-19(4)32)22(40-26)16-36-18(3)31/h21-26,29H,6-16H2,1-5H3,(H,28,30)(H,34,35)/t21-,22-,23+,24-,25-,26-/m1/s1. The molecule has 2 amide bonds. The summed E-state index contributed by atoms with van der Waals surface area (Å²) in [7, 11) is 0. The van der Waals surface area contributed by atoms with Gasteiger partial charge in [-0.15, -0.1) is 0 Å². The molecule has 40 heavy (non-hydrogen) atoms. The Bertz CT molecular complexity index is 822. The Kier molecular flexibility index (Phi) is 16.8. The van der Waals surface area contributed by atoms with Crippen molar-refractivity contribution in [3.05, 3.63) is 0 Å². The highest BCUT2D eigenvalue weighted by Gasteiger charge is 2.51. The molecule has 0 aromatic carbocycles. The van der Waals surface area contributed by atoms with Gasteiger partial charge in [-0.25, -0.2) is 4.79 Å². The van der Waals surface area contributed by atoms with Crippen LogP contribution in [0.25, 0.3) is 0 Å². The SMILES string of the molecule is CCCCCCCCCC[C@H](CO[C@@H]1O[C@H](COC(C)=O)[C@@H](OC(C)=O)[C@H](OC(C)=O)[C@@H]1NC(C)=O)NC(=O)O. The zero-order valence-electron chi connectivity index (χ0n) is 24.3. The zero-order valence-corrected chi connectivity index (χ0v) is 24.3. The fourth-order valence-electron chi connectivity index (χ4n) is 4.54. The fourth-order valence-corrected chi connectivity index (χ4v) is 4.54. The molecule has 13 heteroatoms. The molecular formula is C27H46N2O11. The second kappa shape index (κ2) is 19.2. The summed E-state index contributed by atoms with van der Waals surface area (Å²) in [6, 6.07) is -1.70. The van der Waals surface area contributed by atoms with Gasteiger partial charge in [0.1, 0.15) is 18.8 Å². The first-order chi connectivity index (χ1) is 18.9. The van der Waals surface area contributed by atoms with E-state index in [1.165, 1.54) is 39.5 Å². The summed E-state index contributed by atoms with van der Waals surface area (Å²) in [5.41, 5.74) is 0. The molecule has 0 aromatic rings. The van der Waals surface area contributed by atoms with Crippen LogP contribution < -0.4 is 10.6 Å². The molecular weight excluding hydrogens is 528 g/mol. The van der Waals surface area contributed by atoms with E-state index >= 15 is 0 Å². The average Bonchev–Trinajstić information content (AvgIpc) is 2.84. The first kappa shape index (κ1) is 35.1. The normalized spacial score (nSPS) is 23.0. The number of carboxylic acid groups (broad SMARTS) is 1. The van der Waals surface area contributed by atoms with Crippen molar-refractivity contribution in [3.8, 4) is 0 Å². The number of rotatable bonds is 18. The lowest BCUT2D eigenvalue weighted by Crippen LogP contribution is -2.66. The Labute approximate surface area is 235 Å². The molecule has 1 aliphatic heterocycles. The van der Waals surface area contributed by atoms with E-state index in [4.69, 9.17) is 23.7 Å². The molecule has 13 nitrogen and oxygen atoms in total. The largest absolute Gasteiger partial charge is 0.465 e. The Morgan fingerprint density at radius 3 is 1.93 bits per heavy atom. The molecule has 6 atom stereocenters. The van der Waals surface area contributed by atoms with Crippen molar-refractivity contribution in [3.63, 3.8) is 0 Å². The minimum atomic E-state index is -1.25. The van der Waals surface area contributed by atoms with Crippen molar-refractivity contribution in [1.82, 2.24) is 10.6 Å². The lowest BCUT2D eigenvalue weighted by atomic mass is 9.96. The van der Waals surface area contributed by atoms with Crippen molar-refractivity contribution in [2.45, 2.75) is 129 Å². The molecule has 0 aliphatic carbocycles. The van der Waals surface area contributed by atoms with Gasteiger partial charge in [0, 0.05) is 27.7 Å². The van der Waals surface area contributed by atoms with Crippen molar-refractivity contribution < 1.29 is 52.8 Å². The number of unbranched alkanes of at least 4 members (excludes halogenated alkanes) is 7. The number of hydrogen-bond donors (Lipinski definition) is 3. The number of carbonyl (C=O) groups excluding carboxylic acids is 4. The van der Waals surface area contributed by atoms with Gasteiger partial charge in [-0.1, -0.05) is 58.3 Å². The van der Waals surface area contributed by atoms with Gasteiger partial charge in [-0.2, -0.15) is 0 Å². The zero-order chi connectivity index (χ0) is 30.1. The second-order valence-corrected chi connectivity index (χ2v) is 9.96. The summed E-state index contributed by atoms with van der Waals surface area (Å²) >= 11 is 0. The van der Waals surface area contributed by atoms with Gasteiger partial charge in [0.15, 0.2) is 18.5 Å². The Balaban J connectivity index is 3.03. The molecule has 0 saturated carbocycles. The van der Waals surface area contributed by atoms with Crippen LogP contribution in [0.4, 0.5) is 4.79 Å². The van der Waals surface area contributed by atoms with Crippen LogP contribution in [0.15, 0.2) is 0 Å². The molecule has 1 saturated heterocycles. The number of ether oxygens (including phenoxy) is 5. The monoisotopic (exact) mass is 574 g/mol. The molecule has 1 heterocycles. The summed E-state index contributed by atoms with van der Waals surface area (Å²) in [6.45, 7) is 6.43. The molecule has 0 aromatic heterocycles. The van der Waals surface area contributed by atoms with Crippen molar-refractivity contribution >= 4 is 29.9 Å². The topological polar surface area (TPSA) is 176 Å². The van der Waals surface area contributed by atoms with Crippen LogP contribution in [0.2, 0.25) is 0 Å². The molecule has 1 fully saturated rings. The highest BCUT2D eigenvalue weighted by Crippen LogP contribution is 2.28. The Hall–Kier alpha value is -2.93. The second-order valence-electron chi connectivity index (χ2n) is 9.96. The molecule has 1 rings (SSSR count). The van der Waals surface area contributed by atoms with Gasteiger partial charge in [0.25, 0.3) is 0 Å². The number of amides is 2. The molecule has 0 spiro atoms. The third-order valence-corrected chi connectivity index (χ3v) is 6.27. The number of hydrogen-bond acceptors (Lipinski definition) is 10. The highest BCUT2D eigenvalue weighted by molar-refractivity contribution is 5.73. The van der Waals surface area contributed by atoms with E-state index in [0.717, 1.165) is 39.5 Å². The van der Waals surface area contributed by atoms with E-state index in [-0.39, 0.29) is 13.2 Å². The van der Waals surface area contributed by atoms with Gasteiger partial charge in [0.2, 0.25) is 5.91 Å². The van der Waals surface area contributed by atoms with E-state index in [2.05, 4.69) is 17.6 Å². The summed E-state index contributed by atoms with van der Waals surface area (Å²) < 4.78 is 27.8. The Morgan fingerprint density at radius 1 is 0.825 bits per heavy atom. The van der Waals surface area contributed by atoms with Crippen LogP contribution >= 0.6 is 0 Å². The first-order valence-corrected chi connectivity index (χ1v) is 14.0. The van der Waals surface area contributed by atoms with E-state index in [0.29, 0.717) is 6.42 Å². The third-order valence-electron chi connectivity index (χ3n) is 6.27. The van der Waals surface area contributed by atoms with E-state index in [1.54, 1.807) is 0 Å². The van der Waals surface area contributed by atoms with Gasteiger partial charge in [-0.3, -0.25) is 19.2 Å². The predicted octanol–water partition coefficient (Wildman–Crippen LogP) is 2.83. The average molecular weight is 575 g/mol. The van der Waals surface area contributed by atoms with Gasteiger partial charge < -0.3 is 39.4 Å². The van der Waals surface area contributed by atoms with Gasteiger partial charge >= 0.3 is 24.0 Å². The Morgan fingerprint density at radius 2 is 1.40 bits per heavy atom. The van der Waals surface area contributed by atoms with Crippen LogP contribution in [-0.4, -0.2) is 84.9 Å². The minimum Gasteiger partial charge on any atom is -0.465 e. The molecule has 0 bridgehead atoms. The highest BCUT2D eigenvalue weighted by atomic mass is 16.7. The molecule has 3 N–H and O–H groups in total. The first-order valence-electron chi connectivity index (χ1n) is 14.0. The maximum absolute atomic E-state index is 12.1. The number of carbonyl (C=O) groups is 5. The summed E-state index contributed by atoms with van der Waals surface area (Å²) in [4.78, 5) is 58.8. The van der Waals surface area contributed by atoms with E-state index < -0.39 is 66.6 Å². The maximum Gasteiger partial charge on any atom is 0.404 e. The van der Waals surface area contributed by atoms with Crippen LogP contribution in [0.5, 0.6) is 0 Å². The van der Waals surface area contributed by atoms with Crippen molar-refractivity contribution in [2.75, 3.05) is 13.2 Å². The number of nitrogens with one attached hydrogen (secondary N) is 2. The van der Waals surface area contributed by atoms with Gasteiger partial charge in [0.05, 0.1) is 12.6 Å². The van der Waals surface area contributed by atoms with Crippen LogP contribution in [0, 0.1) is 0 Å². The van der Waals surface area contributed by atoms with E-state index in [9.17, 15) is 29.1 Å². The van der Waals surface area contributed by atoms with Crippen LogP contribution in [-0.2, 0) is 42.9 Å². The molecule has 230 valence electrons.